The van der Waals surface area contributed by atoms with Crippen molar-refractivity contribution in [3.63, 3.8) is 0 Å². The number of amides is 1. The summed E-state index contributed by atoms with van der Waals surface area (Å²) >= 11 is 3.49. The highest BCUT2D eigenvalue weighted by Crippen LogP contribution is 2.17. The Kier molecular flexibility index (Phi) is 6.29. The maximum absolute atomic E-state index is 12.5. The van der Waals surface area contributed by atoms with Crippen LogP contribution in [0.1, 0.15) is 26.3 Å². The number of hydrogen-bond donors (Lipinski definition) is 0. The van der Waals surface area contributed by atoms with Crippen molar-refractivity contribution in [1.29, 1.82) is 0 Å². The van der Waals surface area contributed by atoms with Gasteiger partial charge in [0.05, 0.1) is 4.83 Å². The number of carbonyl (C=O) groups is 1. The number of halogens is 1. The van der Waals surface area contributed by atoms with Crippen LogP contribution in [0.2, 0.25) is 0 Å². The summed E-state index contributed by atoms with van der Waals surface area (Å²) < 4.78 is 0. The quantitative estimate of drug-likeness (QED) is 0.572. The fraction of sp³-hybridized carbons (Fsp3) is 0.438. The Hall–Kier alpha value is -1.09. The van der Waals surface area contributed by atoms with Crippen LogP contribution in [-0.2, 0) is 11.3 Å². The lowest BCUT2D eigenvalue weighted by Crippen LogP contribution is -2.39. The van der Waals surface area contributed by atoms with Gasteiger partial charge < -0.3 is 4.90 Å². The minimum absolute atomic E-state index is 0.127. The molecule has 0 aliphatic carbocycles. The molecule has 0 spiro atoms. The minimum Gasteiger partial charge on any atom is -0.333 e. The number of nitrogens with zero attached hydrogens (tertiary/aromatic N) is 1. The lowest BCUT2D eigenvalue weighted by Gasteiger charge is -2.27. The largest absolute Gasteiger partial charge is 0.333 e. The minimum atomic E-state index is -0.143. The van der Waals surface area contributed by atoms with Crippen LogP contribution in [0.25, 0.3) is 0 Å². The summed E-state index contributed by atoms with van der Waals surface area (Å²) in [5.74, 6) is 0.401. The van der Waals surface area contributed by atoms with Gasteiger partial charge >= 0.3 is 0 Å². The Morgan fingerprint density at radius 1 is 1.32 bits per heavy atom. The van der Waals surface area contributed by atoms with Gasteiger partial charge in [-0.3, -0.25) is 4.79 Å². The predicted molar refractivity (Wildman–Crippen MR) is 84.2 cm³/mol. The van der Waals surface area contributed by atoms with Gasteiger partial charge in [-0.25, -0.2) is 0 Å². The second kappa shape index (κ2) is 7.49. The number of hydrogen-bond acceptors (Lipinski definition) is 1. The first-order chi connectivity index (χ1) is 8.91. The van der Waals surface area contributed by atoms with E-state index in [1.165, 1.54) is 0 Å². The molecule has 1 unspecified atom stereocenters. The molecule has 2 nitrogen and oxygen atoms in total. The summed E-state index contributed by atoms with van der Waals surface area (Å²) in [6.07, 6.45) is 0. The molecular formula is C16H22BrNO. The number of alkyl halides is 1. The van der Waals surface area contributed by atoms with Crippen LogP contribution in [0, 0.1) is 5.92 Å². The van der Waals surface area contributed by atoms with Gasteiger partial charge in [-0.15, -0.1) is 0 Å². The Morgan fingerprint density at radius 2 is 1.89 bits per heavy atom. The van der Waals surface area contributed by atoms with Gasteiger partial charge in [-0.05, 0) is 18.4 Å². The molecule has 0 aromatic heterocycles. The SMILES string of the molecule is C=C(C)CN(Cc1ccccc1)C(=O)C(Br)C(C)C. The Bertz CT molecular complexity index is 428. The number of benzene rings is 1. The van der Waals surface area contributed by atoms with Gasteiger partial charge in [0, 0.05) is 13.1 Å². The monoisotopic (exact) mass is 323 g/mol. The Labute approximate surface area is 124 Å². The molecule has 3 heteroatoms. The van der Waals surface area contributed by atoms with Crippen LogP contribution in [0.5, 0.6) is 0 Å². The molecule has 0 radical (unpaired) electrons. The van der Waals surface area contributed by atoms with Crippen LogP contribution < -0.4 is 0 Å². The lowest BCUT2D eigenvalue weighted by atomic mass is 10.1. The molecule has 1 aromatic rings. The molecule has 0 saturated carbocycles. The van der Waals surface area contributed by atoms with E-state index in [-0.39, 0.29) is 16.7 Å². The van der Waals surface area contributed by atoms with E-state index in [4.69, 9.17) is 0 Å². The molecule has 0 aliphatic heterocycles. The maximum Gasteiger partial charge on any atom is 0.237 e. The summed E-state index contributed by atoms with van der Waals surface area (Å²) in [5, 5.41) is 0. The van der Waals surface area contributed by atoms with Gasteiger partial charge in [0.1, 0.15) is 0 Å². The van der Waals surface area contributed by atoms with Gasteiger partial charge in [0.2, 0.25) is 5.91 Å². The van der Waals surface area contributed by atoms with Crippen molar-refractivity contribution in [3.8, 4) is 0 Å². The standard InChI is InChI=1S/C16H22BrNO/c1-12(2)10-18(16(19)15(17)13(3)4)11-14-8-6-5-7-9-14/h5-9,13,15H,1,10-11H2,2-4H3. The van der Waals surface area contributed by atoms with E-state index in [1.807, 2.05) is 56.0 Å². The van der Waals surface area contributed by atoms with E-state index in [0.29, 0.717) is 13.1 Å². The highest BCUT2D eigenvalue weighted by atomic mass is 79.9. The molecule has 0 heterocycles. The second-order valence-corrected chi connectivity index (χ2v) is 6.27. The second-order valence-electron chi connectivity index (χ2n) is 5.28. The smallest absolute Gasteiger partial charge is 0.237 e. The van der Waals surface area contributed by atoms with Crippen LogP contribution in [0.3, 0.4) is 0 Å². The molecule has 0 N–H and O–H groups in total. The highest BCUT2D eigenvalue weighted by molar-refractivity contribution is 9.10. The first-order valence-electron chi connectivity index (χ1n) is 6.53. The van der Waals surface area contributed by atoms with Crippen molar-refractivity contribution in [1.82, 2.24) is 4.90 Å². The molecule has 19 heavy (non-hydrogen) atoms. The number of carbonyl (C=O) groups excluding carboxylic acids is 1. The normalized spacial score (nSPS) is 12.3. The van der Waals surface area contributed by atoms with Crippen LogP contribution >= 0.6 is 15.9 Å². The van der Waals surface area contributed by atoms with Crippen molar-refractivity contribution in [2.75, 3.05) is 6.54 Å². The average Bonchev–Trinajstić information content (AvgIpc) is 2.36. The third kappa shape index (κ3) is 5.19. The Balaban J connectivity index is 2.83. The van der Waals surface area contributed by atoms with E-state index < -0.39 is 0 Å². The summed E-state index contributed by atoms with van der Waals surface area (Å²) in [6.45, 7) is 11.2. The third-order valence-electron chi connectivity index (χ3n) is 2.81. The molecular weight excluding hydrogens is 302 g/mol. The lowest BCUT2D eigenvalue weighted by molar-refractivity contribution is -0.131. The van der Waals surface area contributed by atoms with Gasteiger partial charge in [-0.2, -0.15) is 0 Å². The zero-order valence-electron chi connectivity index (χ0n) is 11.9. The summed E-state index contributed by atoms with van der Waals surface area (Å²) in [5.41, 5.74) is 2.13. The molecule has 1 aromatic carbocycles. The van der Waals surface area contributed by atoms with E-state index in [1.54, 1.807) is 0 Å². The first-order valence-corrected chi connectivity index (χ1v) is 7.44. The molecule has 1 rings (SSSR count). The third-order valence-corrected chi connectivity index (χ3v) is 4.26. The topological polar surface area (TPSA) is 20.3 Å². The van der Waals surface area contributed by atoms with Crippen LogP contribution in [0.4, 0.5) is 0 Å². The van der Waals surface area contributed by atoms with E-state index in [2.05, 4.69) is 22.5 Å². The van der Waals surface area contributed by atoms with Crippen molar-refractivity contribution < 1.29 is 4.79 Å². The molecule has 0 saturated heterocycles. The van der Waals surface area contributed by atoms with Gasteiger partial charge in [-0.1, -0.05) is 72.3 Å². The summed E-state index contributed by atoms with van der Waals surface area (Å²) in [6, 6.07) is 10.0. The predicted octanol–water partition coefficient (Wildman–Crippen LogP) is 4.01. The van der Waals surface area contributed by atoms with Crippen LogP contribution in [0.15, 0.2) is 42.5 Å². The number of rotatable bonds is 6. The van der Waals surface area contributed by atoms with Crippen LogP contribution in [-0.4, -0.2) is 22.2 Å². The molecule has 1 amide bonds. The Morgan fingerprint density at radius 3 is 2.37 bits per heavy atom. The molecule has 104 valence electrons. The molecule has 1 atom stereocenters. The van der Waals surface area contributed by atoms with Crippen molar-refractivity contribution in [2.24, 2.45) is 5.92 Å². The van der Waals surface area contributed by atoms with Crippen molar-refractivity contribution >= 4 is 21.8 Å². The van der Waals surface area contributed by atoms with E-state index in [9.17, 15) is 4.79 Å². The zero-order chi connectivity index (χ0) is 14.4. The van der Waals surface area contributed by atoms with E-state index in [0.717, 1.165) is 11.1 Å². The fourth-order valence-corrected chi connectivity index (χ4v) is 2.09. The maximum atomic E-state index is 12.5. The van der Waals surface area contributed by atoms with Crippen molar-refractivity contribution in [2.45, 2.75) is 32.1 Å². The highest BCUT2D eigenvalue weighted by Gasteiger charge is 2.24. The fourth-order valence-electron chi connectivity index (χ4n) is 1.80. The summed E-state index contributed by atoms with van der Waals surface area (Å²) in [7, 11) is 0. The molecule has 0 aliphatic rings. The first kappa shape index (κ1) is 16.0. The van der Waals surface area contributed by atoms with Gasteiger partial charge in [0.25, 0.3) is 0 Å². The summed E-state index contributed by atoms with van der Waals surface area (Å²) in [4.78, 5) is 14.2. The average molecular weight is 324 g/mol. The van der Waals surface area contributed by atoms with Crippen molar-refractivity contribution in [3.05, 3.63) is 48.0 Å². The van der Waals surface area contributed by atoms with E-state index >= 15 is 0 Å². The molecule has 0 bridgehead atoms. The van der Waals surface area contributed by atoms with Gasteiger partial charge in [0.15, 0.2) is 0 Å². The molecule has 0 fully saturated rings. The zero-order valence-corrected chi connectivity index (χ0v) is 13.5.